The van der Waals surface area contributed by atoms with Crippen molar-refractivity contribution in [2.24, 2.45) is 5.92 Å². The third-order valence-corrected chi connectivity index (χ3v) is 5.32. The monoisotopic (exact) mass is 236 g/mol. The average molecular weight is 236 g/mol. The second-order valence-electron chi connectivity index (χ2n) is 6.62. The van der Waals surface area contributed by atoms with E-state index in [2.05, 4.69) is 17.1 Å². The minimum atomic E-state index is 0.757. The number of hydrogen-bond acceptors (Lipinski definition) is 2. The zero-order chi connectivity index (χ0) is 11.7. The molecular weight excluding hydrogens is 208 g/mol. The highest BCUT2D eigenvalue weighted by Crippen LogP contribution is 2.38. The number of rotatable bonds is 4. The summed E-state index contributed by atoms with van der Waals surface area (Å²) in [6.07, 6.45) is 11.7. The van der Waals surface area contributed by atoms with E-state index in [0.717, 1.165) is 24.0 Å². The van der Waals surface area contributed by atoms with E-state index in [-0.39, 0.29) is 0 Å². The second-order valence-corrected chi connectivity index (χ2v) is 6.62. The Hall–Kier alpha value is -0.0800. The third kappa shape index (κ3) is 2.68. The van der Waals surface area contributed by atoms with Gasteiger partial charge in [0.1, 0.15) is 0 Å². The van der Waals surface area contributed by atoms with Crippen LogP contribution in [0.5, 0.6) is 0 Å². The van der Waals surface area contributed by atoms with E-state index in [1.807, 2.05) is 0 Å². The fourth-order valence-electron chi connectivity index (χ4n) is 4.26. The van der Waals surface area contributed by atoms with Crippen LogP contribution < -0.4 is 5.32 Å². The second kappa shape index (κ2) is 5.27. The van der Waals surface area contributed by atoms with Gasteiger partial charge in [0.25, 0.3) is 0 Å². The summed E-state index contributed by atoms with van der Waals surface area (Å²) in [6.45, 7) is 5.03. The van der Waals surface area contributed by atoms with Crippen LogP contribution >= 0.6 is 0 Å². The summed E-state index contributed by atoms with van der Waals surface area (Å²) in [5, 5.41) is 3.82. The molecular formula is C15H28N2. The van der Waals surface area contributed by atoms with E-state index >= 15 is 0 Å². The Morgan fingerprint density at radius 2 is 1.94 bits per heavy atom. The largest absolute Gasteiger partial charge is 0.312 e. The lowest BCUT2D eigenvalue weighted by Crippen LogP contribution is -2.46. The first-order valence-corrected chi connectivity index (χ1v) is 7.82. The molecule has 0 aromatic rings. The standard InChI is InChI=1S/C15H28N2/c1-12(10-16-14-5-3-2-4-6-14)17-11-13-7-8-15(17)9-13/h12-16H,2-11H2,1H3. The van der Waals surface area contributed by atoms with Gasteiger partial charge in [-0.2, -0.15) is 0 Å². The lowest BCUT2D eigenvalue weighted by Gasteiger charge is -2.34. The van der Waals surface area contributed by atoms with E-state index in [4.69, 9.17) is 0 Å². The van der Waals surface area contributed by atoms with Crippen molar-refractivity contribution in [3.63, 3.8) is 0 Å². The molecule has 3 unspecified atom stereocenters. The summed E-state index contributed by atoms with van der Waals surface area (Å²) in [5.74, 6) is 1.04. The van der Waals surface area contributed by atoms with Crippen LogP contribution in [0.15, 0.2) is 0 Å². The topological polar surface area (TPSA) is 15.3 Å². The molecule has 2 bridgehead atoms. The summed E-state index contributed by atoms with van der Waals surface area (Å²) in [6, 6.07) is 2.52. The van der Waals surface area contributed by atoms with Crippen molar-refractivity contribution in [3.8, 4) is 0 Å². The van der Waals surface area contributed by atoms with Crippen LogP contribution in [0.2, 0.25) is 0 Å². The highest BCUT2D eigenvalue weighted by Gasteiger charge is 2.39. The van der Waals surface area contributed by atoms with Gasteiger partial charge in [0.15, 0.2) is 0 Å². The normalized spacial score (nSPS) is 36.5. The molecule has 3 atom stereocenters. The zero-order valence-corrected chi connectivity index (χ0v) is 11.3. The molecule has 0 radical (unpaired) electrons. The van der Waals surface area contributed by atoms with Crippen molar-refractivity contribution in [1.29, 1.82) is 0 Å². The zero-order valence-electron chi connectivity index (χ0n) is 11.3. The Kier molecular flexibility index (Phi) is 3.72. The molecule has 2 heteroatoms. The summed E-state index contributed by atoms with van der Waals surface area (Å²) in [4.78, 5) is 2.78. The predicted molar refractivity (Wildman–Crippen MR) is 72.2 cm³/mol. The molecule has 2 saturated carbocycles. The molecule has 1 N–H and O–H groups in total. The molecule has 0 aromatic heterocycles. The van der Waals surface area contributed by atoms with Crippen LogP contribution in [-0.2, 0) is 0 Å². The van der Waals surface area contributed by atoms with Crippen molar-refractivity contribution in [1.82, 2.24) is 10.2 Å². The van der Waals surface area contributed by atoms with E-state index in [9.17, 15) is 0 Å². The van der Waals surface area contributed by atoms with Gasteiger partial charge >= 0.3 is 0 Å². The van der Waals surface area contributed by atoms with Crippen LogP contribution in [-0.4, -0.2) is 36.1 Å². The van der Waals surface area contributed by atoms with Crippen molar-refractivity contribution in [2.75, 3.05) is 13.1 Å². The van der Waals surface area contributed by atoms with Gasteiger partial charge in [-0.15, -0.1) is 0 Å². The first-order valence-electron chi connectivity index (χ1n) is 7.82. The Balaban J connectivity index is 1.42. The Labute approximate surface area is 106 Å². The number of nitrogens with one attached hydrogen (secondary N) is 1. The molecule has 3 fully saturated rings. The van der Waals surface area contributed by atoms with Gasteiger partial charge in [-0.25, -0.2) is 0 Å². The average Bonchev–Trinajstić information content (AvgIpc) is 2.99. The van der Waals surface area contributed by atoms with Gasteiger partial charge < -0.3 is 5.32 Å². The van der Waals surface area contributed by atoms with Gasteiger partial charge in [-0.1, -0.05) is 19.3 Å². The summed E-state index contributed by atoms with van der Waals surface area (Å²) in [5.41, 5.74) is 0. The summed E-state index contributed by atoms with van der Waals surface area (Å²) >= 11 is 0. The maximum absolute atomic E-state index is 3.82. The summed E-state index contributed by atoms with van der Waals surface area (Å²) < 4.78 is 0. The van der Waals surface area contributed by atoms with E-state index in [1.54, 1.807) is 0 Å². The maximum atomic E-state index is 3.82. The van der Waals surface area contributed by atoms with Gasteiger partial charge in [-0.05, 0) is 44.9 Å². The van der Waals surface area contributed by atoms with E-state index in [0.29, 0.717) is 0 Å². The van der Waals surface area contributed by atoms with Crippen molar-refractivity contribution in [2.45, 2.75) is 76.4 Å². The number of fused-ring (bicyclic) bond motifs is 2. The molecule has 1 heterocycles. The molecule has 17 heavy (non-hydrogen) atoms. The number of nitrogens with zero attached hydrogens (tertiary/aromatic N) is 1. The lowest BCUT2D eigenvalue weighted by atomic mass is 9.95. The fraction of sp³-hybridized carbons (Fsp3) is 1.00. The molecule has 0 amide bonds. The van der Waals surface area contributed by atoms with Crippen LogP contribution in [0.4, 0.5) is 0 Å². The van der Waals surface area contributed by atoms with Crippen LogP contribution in [0.3, 0.4) is 0 Å². The first kappa shape index (κ1) is 12.0. The SMILES string of the molecule is CC(CNC1CCCCC1)N1CC2CCC1C2. The molecule has 3 aliphatic rings. The third-order valence-electron chi connectivity index (χ3n) is 5.32. The minimum absolute atomic E-state index is 0.757. The number of piperidine rings is 1. The molecule has 2 nitrogen and oxygen atoms in total. The molecule has 3 rings (SSSR count). The number of likely N-dealkylation sites (tertiary alicyclic amines) is 1. The van der Waals surface area contributed by atoms with Gasteiger partial charge in [0, 0.05) is 31.2 Å². The van der Waals surface area contributed by atoms with Crippen LogP contribution in [0, 0.1) is 5.92 Å². The van der Waals surface area contributed by atoms with Gasteiger partial charge in [-0.3, -0.25) is 4.90 Å². The van der Waals surface area contributed by atoms with Gasteiger partial charge in [0.05, 0.1) is 0 Å². The molecule has 0 spiro atoms. The van der Waals surface area contributed by atoms with Crippen molar-refractivity contribution >= 4 is 0 Å². The summed E-state index contributed by atoms with van der Waals surface area (Å²) in [7, 11) is 0. The predicted octanol–water partition coefficient (Wildman–Crippen LogP) is 2.78. The van der Waals surface area contributed by atoms with E-state index in [1.165, 1.54) is 64.5 Å². The van der Waals surface area contributed by atoms with Crippen molar-refractivity contribution in [3.05, 3.63) is 0 Å². The highest BCUT2D eigenvalue weighted by atomic mass is 15.2. The Bertz CT molecular complexity index is 247. The number of hydrogen-bond donors (Lipinski definition) is 1. The van der Waals surface area contributed by atoms with E-state index < -0.39 is 0 Å². The Morgan fingerprint density at radius 3 is 2.59 bits per heavy atom. The Morgan fingerprint density at radius 1 is 1.12 bits per heavy atom. The molecule has 1 aliphatic heterocycles. The smallest absolute Gasteiger partial charge is 0.0195 e. The minimum Gasteiger partial charge on any atom is -0.312 e. The molecule has 2 aliphatic carbocycles. The molecule has 98 valence electrons. The first-order chi connectivity index (χ1) is 8.33. The van der Waals surface area contributed by atoms with Crippen molar-refractivity contribution < 1.29 is 0 Å². The lowest BCUT2D eigenvalue weighted by molar-refractivity contribution is 0.152. The molecule has 0 aromatic carbocycles. The van der Waals surface area contributed by atoms with Crippen LogP contribution in [0.25, 0.3) is 0 Å². The maximum Gasteiger partial charge on any atom is 0.0195 e. The fourth-order valence-corrected chi connectivity index (χ4v) is 4.26. The quantitative estimate of drug-likeness (QED) is 0.807. The van der Waals surface area contributed by atoms with Crippen LogP contribution in [0.1, 0.15) is 58.3 Å². The molecule has 1 saturated heterocycles. The van der Waals surface area contributed by atoms with Gasteiger partial charge in [0.2, 0.25) is 0 Å². The highest BCUT2D eigenvalue weighted by molar-refractivity contribution is 4.94.